The summed E-state index contributed by atoms with van der Waals surface area (Å²) in [5.74, 6) is 1.86. The number of hydrogen-bond donors (Lipinski definition) is 1. The van der Waals surface area contributed by atoms with Crippen LogP contribution in [0, 0.1) is 11.3 Å². The number of benzene rings is 1. The molecule has 0 saturated heterocycles. The van der Waals surface area contributed by atoms with Gasteiger partial charge in [-0.25, -0.2) is 9.97 Å². The number of aromatic nitrogens is 2. The van der Waals surface area contributed by atoms with Gasteiger partial charge in [-0.15, -0.1) is 0 Å². The summed E-state index contributed by atoms with van der Waals surface area (Å²) >= 11 is 0. The molecule has 0 aliphatic rings. The van der Waals surface area contributed by atoms with Gasteiger partial charge in [0.1, 0.15) is 17.9 Å². The molecule has 0 aliphatic carbocycles. The highest BCUT2D eigenvalue weighted by Gasteiger charge is 2.10. The zero-order valence-electron chi connectivity index (χ0n) is 10.8. The molecule has 0 bridgehead atoms. The Kier molecular flexibility index (Phi) is 3.94. The summed E-state index contributed by atoms with van der Waals surface area (Å²) in [6.07, 6.45) is 2.21. The lowest BCUT2D eigenvalue weighted by molar-refractivity contribution is 0.455. The van der Waals surface area contributed by atoms with Crippen molar-refractivity contribution in [3.05, 3.63) is 41.7 Å². The van der Waals surface area contributed by atoms with Crippen molar-refractivity contribution < 1.29 is 4.74 Å². The van der Waals surface area contributed by atoms with E-state index >= 15 is 0 Å². The van der Waals surface area contributed by atoms with Crippen LogP contribution >= 0.6 is 0 Å². The molecule has 0 fully saturated rings. The fourth-order valence-electron chi connectivity index (χ4n) is 1.76. The molecule has 0 atom stereocenters. The SMILES string of the molecule is CCc1c(NC)ncnc1Oc1cccc(C#N)c1. The van der Waals surface area contributed by atoms with Crippen molar-refractivity contribution in [3.63, 3.8) is 0 Å². The van der Waals surface area contributed by atoms with E-state index in [-0.39, 0.29) is 0 Å². The molecule has 0 unspecified atom stereocenters. The van der Waals surface area contributed by atoms with Gasteiger partial charge in [-0.2, -0.15) is 5.26 Å². The summed E-state index contributed by atoms with van der Waals surface area (Å²) in [5, 5.41) is 11.9. The maximum Gasteiger partial charge on any atom is 0.227 e. The first-order valence-electron chi connectivity index (χ1n) is 5.98. The number of nitrogens with one attached hydrogen (secondary N) is 1. The summed E-state index contributed by atoms with van der Waals surface area (Å²) in [6.45, 7) is 2.01. The predicted molar refractivity (Wildman–Crippen MR) is 72.2 cm³/mol. The molecular formula is C14H14N4O. The highest BCUT2D eigenvalue weighted by atomic mass is 16.5. The minimum Gasteiger partial charge on any atom is -0.439 e. The number of nitriles is 1. The van der Waals surface area contributed by atoms with Crippen LogP contribution in [-0.2, 0) is 6.42 Å². The normalized spacial score (nSPS) is 9.74. The second-order valence-electron chi connectivity index (χ2n) is 3.85. The molecule has 5 heteroatoms. The van der Waals surface area contributed by atoms with E-state index in [2.05, 4.69) is 21.4 Å². The van der Waals surface area contributed by atoms with Crippen molar-refractivity contribution in [2.24, 2.45) is 0 Å². The molecule has 1 aromatic carbocycles. The van der Waals surface area contributed by atoms with E-state index in [1.807, 2.05) is 14.0 Å². The third kappa shape index (κ3) is 2.80. The van der Waals surface area contributed by atoms with Gasteiger partial charge in [0.25, 0.3) is 0 Å². The smallest absolute Gasteiger partial charge is 0.227 e. The van der Waals surface area contributed by atoms with Gasteiger partial charge < -0.3 is 10.1 Å². The maximum atomic E-state index is 8.87. The van der Waals surface area contributed by atoms with Crippen LogP contribution in [0.5, 0.6) is 11.6 Å². The maximum absolute atomic E-state index is 8.87. The fraction of sp³-hybridized carbons (Fsp3) is 0.214. The first-order chi connectivity index (χ1) is 9.28. The summed E-state index contributed by atoms with van der Waals surface area (Å²) < 4.78 is 5.74. The number of anilines is 1. The van der Waals surface area contributed by atoms with Crippen molar-refractivity contribution in [2.75, 3.05) is 12.4 Å². The Hall–Kier alpha value is -2.61. The van der Waals surface area contributed by atoms with Gasteiger partial charge in [-0.3, -0.25) is 0 Å². The Bertz CT molecular complexity index is 619. The lowest BCUT2D eigenvalue weighted by Crippen LogP contribution is -2.02. The Morgan fingerprint density at radius 2 is 2.21 bits per heavy atom. The monoisotopic (exact) mass is 254 g/mol. The zero-order valence-corrected chi connectivity index (χ0v) is 10.8. The highest BCUT2D eigenvalue weighted by Crippen LogP contribution is 2.27. The molecule has 0 saturated carbocycles. The van der Waals surface area contributed by atoms with E-state index < -0.39 is 0 Å². The van der Waals surface area contributed by atoms with Gasteiger partial charge in [0.2, 0.25) is 5.88 Å². The van der Waals surface area contributed by atoms with Crippen LogP contribution in [0.1, 0.15) is 18.1 Å². The Balaban J connectivity index is 2.35. The molecule has 2 rings (SSSR count). The average Bonchev–Trinajstić information content (AvgIpc) is 2.47. The lowest BCUT2D eigenvalue weighted by atomic mass is 10.2. The molecule has 0 spiro atoms. The van der Waals surface area contributed by atoms with Crippen LogP contribution in [0.15, 0.2) is 30.6 Å². The van der Waals surface area contributed by atoms with Crippen molar-refractivity contribution >= 4 is 5.82 Å². The van der Waals surface area contributed by atoms with Gasteiger partial charge in [0.05, 0.1) is 17.2 Å². The minimum atomic E-state index is 0.511. The second kappa shape index (κ2) is 5.83. The summed E-state index contributed by atoms with van der Waals surface area (Å²) in [7, 11) is 1.81. The molecule has 1 N–H and O–H groups in total. The van der Waals surface area contributed by atoms with Crippen LogP contribution in [-0.4, -0.2) is 17.0 Å². The molecule has 0 aliphatic heterocycles. The van der Waals surface area contributed by atoms with Crippen LogP contribution in [0.3, 0.4) is 0 Å². The van der Waals surface area contributed by atoms with Crippen LogP contribution in [0.2, 0.25) is 0 Å². The van der Waals surface area contributed by atoms with Gasteiger partial charge in [0.15, 0.2) is 0 Å². The Labute approximate surface area is 111 Å². The van der Waals surface area contributed by atoms with Gasteiger partial charge in [-0.05, 0) is 24.6 Å². The Morgan fingerprint density at radius 3 is 2.89 bits per heavy atom. The first-order valence-corrected chi connectivity index (χ1v) is 5.98. The second-order valence-corrected chi connectivity index (χ2v) is 3.85. The topological polar surface area (TPSA) is 70.8 Å². The molecule has 5 nitrogen and oxygen atoms in total. The van der Waals surface area contributed by atoms with E-state index in [1.165, 1.54) is 6.33 Å². The number of ether oxygens (including phenoxy) is 1. The summed E-state index contributed by atoms with van der Waals surface area (Å²) in [5.41, 5.74) is 1.46. The van der Waals surface area contributed by atoms with Gasteiger partial charge >= 0.3 is 0 Å². The van der Waals surface area contributed by atoms with Gasteiger partial charge in [0, 0.05) is 7.05 Å². The van der Waals surface area contributed by atoms with E-state index in [9.17, 15) is 0 Å². The Morgan fingerprint density at radius 1 is 1.37 bits per heavy atom. The van der Waals surface area contributed by atoms with E-state index in [4.69, 9.17) is 10.00 Å². The third-order valence-electron chi connectivity index (χ3n) is 2.67. The largest absolute Gasteiger partial charge is 0.439 e. The standard InChI is InChI=1S/C14H14N4O/c1-3-12-13(16-2)17-9-18-14(12)19-11-6-4-5-10(7-11)8-15/h4-7,9H,3H2,1-2H3,(H,16,17,18). The van der Waals surface area contributed by atoms with E-state index in [1.54, 1.807) is 24.3 Å². The number of hydrogen-bond acceptors (Lipinski definition) is 5. The summed E-state index contributed by atoms with van der Waals surface area (Å²) in [6, 6.07) is 9.06. The number of rotatable bonds is 4. The molecular weight excluding hydrogens is 240 g/mol. The van der Waals surface area contributed by atoms with Crippen molar-refractivity contribution in [3.8, 4) is 17.7 Å². The summed E-state index contributed by atoms with van der Waals surface area (Å²) in [4.78, 5) is 8.30. The molecule has 1 heterocycles. The van der Waals surface area contributed by atoms with Crippen molar-refractivity contribution in [1.82, 2.24) is 9.97 Å². The lowest BCUT2D eigenvalue weighted by Gasteiger charge is -2.11. The molecule has 2 aromatic rings. The van der Waals surface area contributed by atoms with Crippen LogP contribution < -0.4 is 10.1 Å². The van der Waals surface area contributed by atoms with Gasteiger partial charge in [-0.1, -0.05) is 13.0 Å². The average molecular weight is 254 g/mol. The first kappa shape index (κ1) is 12.8. The van der Waals surface area contributed by atoms with E-state index in [0.29, 0.717) is 17.2 Å². The molecule has 96 valence electrons. The van der Waals surface area contributed by atoms with Crippen LogP contribution in [0.25, 0.3) is 0 Å². The fourth-order valence-corrected chi connectivity index (χ4v) is 1.76. The third-order valence-corrected chi connectivity index (χ3v) is 2.67. The zero-order chi connectivity index (χ0) is 13.7. The molecule has 0 amide bonds. The quantitative estimate of drug-likeness (QED) is 0.908. The van der Waals surface area contributed by atoms with Crippen molar-refractivity contribution in [1.29, 1.82) is 5.26 Å². The number of nitrogens with zero attached hydrogens (tertiary/aromatic N) is 3. The van der Waals surface area contributed by atoms with Crippen molar-refractivity contribution in [2.45, 2.75) is 13.3 Å². The highest BCUT2D eigenvalue weighted by molar-refractivity contribution is 5.49. The predicted octanol–water partition coefficient (Wildman–Crippen LogP) is 2.74. The minimum absolute atomic E-state index is 0.511. The van der Waals surface area contributed by atoms with Crippen LogP contribution in [0.4, 0.5) is 5.82 Å². The molecule has 19 heavy (non-hydrogen) atoms. The van der Waals surface area contributed by atoms with E-state index in [0.717, 1.165) is 17.8 Å². The molecule has 1 aromatic heterocycles. The molecule has 0 radical (unpaired) electrons.